The third-order valence-corrected chi connectivity index (χ3v) is 8.48. The Morgan fingerprint density at radius 3 is 2.88 bits per heavy atom. The van der Waals surface area contributed by atoms with E-state index in [4.69, 9.17) is 9.47 Å². The number of fused-ring (bicyclic) bond motifs is 1. The molecule has 4 bridgehead atoms. The van der Waals surface area contributed by atoms with Gasteiger partial charge in [0.25, 0.3) is 0 Å². The van der Waals surface area contributed by atoms with Crippen LogP contribution in [0.5, 0.6) is 0 Å². The van der Waals surface area contributed by atoms with Crippen LogP contribution in [0.4, 0.5) is 0 Å². The SMILES string of the molecule is C=C1CC23CC1CCC2C12CCCC(C)(C(=O)O1)C2C3C(=O)OC. The van der Waals surface area contributed by atoms with E-state index in [9.17, 15) is 9.59 Å². The van der Waals surface area contributed by atoms with Crippen LogP contribution in [0.2, 0.25) is 0 Å². The summed E-state index contributed by atoms with van der Waals surface area (Å²) in [4.78, 5) is 25.8. The first-order chi connectivity index (χ1) is 11.4. The molecule has 0 radical (unpaired) electrons. The Balaban J connectivity index is 1.74. The summed E-state index contributed by atoms with van der Waals surface area (Å²) in [5.74, 6) is 0.383. The third kappa shape index (κ3) is 1.36. The minimum atomic E-state index is -0.525. The van der Waals surface area contributed by atoms with Crippen molar-refractivity contribution in [2.24, 2.45) is 34.5 Å². The molecule has 7 atom stereocenters. The van der Waals surface area contributed by atoms with Crippen LogP contribution in [0.25, 0.3) is 0 Å². The van der Waals surface area contributed by atoms with E-state index in [0.717, 1.165) is 44.9 Å². The van der Waals surface area contributed by atoms with Crippen LogP contribution in [-0.2, 0) is 19.1 Å². The Kier molecular flexibility index (Phi) is 2.66. The second-order valence-corrected chi connectivity index (χ2v) is 9.19. The van der Waals surface area contributed by atoms with E-state index in [0.29, 0.717) is 11.8 Å². The fourth-order valence-electron chi connectivity index (χ4n) is 7.81. The minimum Gasteiger partial charge on any atom is -0.469 e. The smallest absolute Gasteiger partial charge is 0.312 e. The van der Waals surface area contributed by atoms with Crippen LogP contribution in [0.3, 0.4) is 0 Å². The van der Waals surface area contributed by atoms with E-state index < -0.39 is 11.0 Å². The van der Waals surface area contributed by atoms with Crippen molar-refractivity contribution in [3.8, 4) is 0 Å². The van der Waals surface area contributed by atoms with Crippen molar-refractivity contribution in [2.45, 2.75) is 57.5 Å². The molecule has 1 spiro atoms. The van der Waals surface area contributed by atoms with Crippen LogP contribution < -0.4 is 0 Å². The van der Waals surface area contributed by atoms with Crippen molar-refractivity contribution in [3.05, 3.63) is 12.2 Å². The summed E-state index contributed by atoms with van der Waals surface area (Å²) >= 11 is 0. The van der Waals surface area contributed by atoms with Gasteiger partial charge in [0.05, 0.1) is 18.4 Å². The summed E-state index contributed by atoms with van der Waals surface area (Å²) in [6.45, 7) is 6.36. The van der Waals surface area contributed by atoms with Crippen molar-refractivity contribution in [1.82, 2.24) is 0 Å². The van der Waals surface area contributed by atoms with Crippen LogP contribution in [0, 0.1) is 34.5 Å². The molecule has 5 rings (SSSR count). The van der Waals surface area contributed by atoms with Crippen LogP contribution in [-0.4, -0.2) is 24.6 Å². The molecule has 24 heavy (non-hydrogen) atoms. The molecule has 4 saturated carbocycles. The van der Waals surface area contributed by atoms with Gasteiger partial charge in [0.2, 0.25) is 0 Å². The molecule has 0 aromatic heterocycles. The number of rotatable bonds is 1. The molecule has 0 aromatic rings. The van der Waals surface area contributed by atoms with Gasteiger partial charge < -0.3 is 9.47 Å². The van der Waals surface area contributed by atoms with Gasteiger partial charge in [-0.25, -0.2) is 0 Å². The summed E-state index contributed by atoms with van der Waals surface area (Å²) in [5, 5.41) is 0. The Morgan fingerprint density at radius 2 is 2.12 bits per heavy atom. The largest absolute Gasteiger partial charge is 0.469 e. The molecule has 0 amide bonds. The zero-order valence-electron chi connectivity index (χ0n) is 14.6. The number of ether oxygens (including phenoxy) is 2. The highest BCUT2D eigenvalue weighted by molar-refractivity contribution is 5.85. The topological polar surface area (TPSA) is 52.6 Å². The molecule has 1 aliphatic heterocycles. The lowest BCUT2D eigenvalue weighted by Gasteiger charge is -2.43. The van der Waals surface area contributed by atoms with E-state index in [2.05, 4.69) is 6.58 Å². The van der Waals surface area contributed by atoms with Gasteiger partial charge in [-0.1, -0.05) is 12.2 Å². The fourth-order valence-corrected chi connectivity index (χ4v) is 7.81. The highest BCUT2D eigenvalue weighted by Crippen LogP contribution is 2.77. The first-order valence-corrected chi connectivity index (χ1v) is 9.38. The predicted molar refractivity (Wildman–Crippen MR) is 86.8 cm³/mol. The summed E-state index contributed by atoms with van der Waals surface area (Å²) in [6.07, 6.45) is 6.88. The Bertz CT molecular complexity index is 669. The number of carbonyl (C=O) groups is 2. The highest BCUT2D eigenvalue weighted by atomic mass is 16.6. The summed E-state index contributed by atoms with van der Waals surface area (Å²) in [6, 6.07) is 0. The van der Waals surface area contributed by atoms with E-state index in [1.807, 2.05) is 6.92 Å². The number of methoxy groups -OCH3 is 1. The quantitative estimate of drug-likeness (QED) is 0.547. The standard InChI is InChI=1S/C20H26O4/c1-11-9-19-10-12(11)5-6-13(19)20-8-4-7-18(2,17(22)24-20)15(20)14(19)16(21)23-3/h12-15H,1,4-10H2,2-3H3. The second-order valence-electron chi connectivity index (χ2n) is 9.19. The van der Waals surface area contributed by atoms with E-state index in [1.54, 1.807) is 0 Å². The van der Waals surface area contributed by atoms with E-state index in [-0.39, 0.29) is 29.2 Å². The number of allylic oxidation sites excluding steroid dienone is 1. The Morgan fingerprint density at radius 1 is 1.33 bits per heavy atom. The van der Waals surface area contributed by atoms with Gasteiger partial charge in [0.1, 0.15) is 5.60 Å². The summed E-state index contributed by atoms with van der Waals surface area (Å²) in [5.41, 5.74) is 0.249. The maximum absolute atomic E-state index is 13.0. The molecule has 0 N–H and O–H groups in total. The molecule has 130 valence electrons. The van der Waals surface area contributed by atoms with Gasteiger partial charge in [-0.3, -0.25) is 9.59 Å². The summed E-state index contributed by atoms with van der Waals surface area (Å²) in [7, 11) is 1.48. The molecule has 4 heteroatoms. The average molecular weight is 330 g/mol. The Hall–Kier alpha value is -1.32. The zero-order valence-corrected chi connectivity index (χ0v) is 14.6. The molecular weight excluding hydrogens is 304 g/mol. The molecule has 1 saturated heterocycles. The molecule has 4 aliphatic carbocycles. The van der Waals surface area contributed by atoms with Crippen molar-refractivity contribution in [1.29, 1.82) is 0 Å². The van der Waals surface area contributed by atoms with Gasteiger partial charge in [-0.2, -0.15) is 0 Å². The molecule has 5 aliphatic rings. The maximum atomic E-state index is 13.0. The first-order valence-electron chi connectivity index (χ1n) is 9.38. The van der Waals surface area contributed by atoms with Crippen molar-refractivity contribution in [3.63, 3.8) is 0 Å². The van der Waals surface area contributed by atoms with Crippen molar-refractivity contribution >= 4 is 11.9 Å². The molecule has 7 unspecified atom stereocenters. The molecule has 0 aromatic carbocycles. The minimum absolute atomic E-state index is 0.0200. The zero-order chi connectivity index (χ0) is 16.9. The van der Waals surface area contributed by atoms with Gasteiger partial charge >= 0.3 is 11.9 Å². The molecule has 1 heterocycles. The summed E-state index contributed by atoms with van der Waals surface area (Å²) < 4.78 is 11.5. The lowest BCUT2D eigenvalue weighted by molar-refractivity contribution is -0.161. The average Bonchev–Trinajstić information content (AvgIpc) is 2.99. The van der Waals surface area contributed by atoms with Crippen molar-refractivity contribution in [2.75, 3.05) is 7.11 Å². The van der Waals surface area contributed by atoms with Crippen LogP contribution in [0.15, 0.2) is 12.2 Å². The lowest BCUT2D eigenvalue weighted by Crippen LogP contribution is -2.47. The number of esters is 2. The fraction of sp³-hybridized carbons (Fsp3) is 0.800. The molecule has 5 fully saturated rings. The predicted octanol–water partition coefficient (Wildman–Crippen LogP) is 3.25. The van der Waals surface area contributed by atoms with E-state index in [1.165, 1.54) is 12.7 Å². The highest BCUT2D eigenvalue weighted by Gasteiger charge is 2.81. The number of carbonyl (C=O) groups excluding carboxylic acids is 2. The van der Waals surface area contributed by atoms with E-state index >= 15 is 0 Å². The monoisotopic (exact) mass is 330 g/mol. The molecular formula is C20H26O4. The first kappa shape index (κ1) is 15.0. The normalized spacial score (nSPS) is 54.2. The van der Waals surface area contributed by atoms with Gasteiger partial charge in [0.15, 0.2) is 0 Å². The molecule has 4 nitrogen and oxygen atoms in total. The van der Waals surface area contributed by atoms with Crippen LogP contribution >= 0.6 is 0 Å². The Labute approximate surface area is 143 Å². The maximum Gasteiger partial charge on any atom is 0.312 e. The van der Waals surface area contributed by atoms with Gasteiger partial charge in [0, 0.05) is 11.8 Å². The van der Waals surface area contributed by atoms with Gasteiger partial charge in [-0.05, 0) is 63.2 Å². The third-order valence-electron chi connectivity index (χ3n) is 8.48. The van der Waals surface area contributed by atoms with Crippen LogP contribution in [0.1, 0.15) is 51.9 Å². The van der Waals surface area contributed by atoms with Crippen molar-refractivity contribution < 1.29 is 19.1 Å². The van der Waals surface area contributed by atoms with Gasteiger partial charge in [-0.15, -0.1) is 0 Å². The second kappa shape index (κ2) is 4.25. The lowest BCUT2D eigenvalue weighted by atomic mass is 9.60. The number of hydrogen-bond donors (Lipinski definition) is 0. The number of hydrogen-bond acceptors (Lipinski definition) is 4.